The van der Waals surface area contributed by atoms with Crippen molar-refractivity contribution >= 4 is 41.1 Å². The number of ketones is 1. The minimum Gasteiger partial charge on any atom is -0.290 e. The molecule has 0 saturated heterocycles. The van der Waals surface area contributed by atoms with Crippen molar-refractivity contribution < 1.29 is 4.79 Å². The van der Waals surface area contributed by atoms with Gasteiger partial charge in [0.2, 0.25) is 0 Å². The van der Waals surface area contributed by atoms with Crippen LogP contribution in [-0.2, 0) is 4.79 Å². The minimum atomic E-state index is -0.0727. The van der Waals surface area contributed by atoms with E-state index in [9.17, 15) is 4.79 Å². The highest BCUT2D eigenvalue weighted by atomic mass is 35.5. The third-order valence-electron chi connectivity index (χ3n) is 3.06. The van der Waals surface area contributed by atoms with Crippen LogP contribution in [0.3, 0.4) is 0 Å². The fourth-order valence-electron chi connectivity index (χ4n) is 1.84. The molecular weight excluding hydrogens is 339 g/mol. The summed E-state index contributed by atoms with van der Waals surface area (Å²) >= 11 is 11.6. The van der Waals surface area contributed by atoms with E-state index in [1.807, 2.05) is 72.8 Å². The van der Waals surface area contributed by atoms with E-state index >= 15 is 0 Å². The molecule has 24 heavy (non-hydrogen) atoms. The van der Waals surface area contributed by atoms with Gasteiger partial charge in [0.1, 0.15) is 0 Å². The van der Waals surface area contributed by atoms with E-state index in [0.717, 1.165) is 11.1 Å². The van der Waals surface area contributed by atoms with Crippen LogP contribution in [0.15, 0.2) is 85.0 Å². The van der Waals surface area contributed by atoms with E-state index in [-0.39, 0.29) is 5.78 Å². The maximum atomic E-state index is 11.7. The monoisotopic (exact) mass is 354 g/mol. The first kappa shape index (κ1) is 18.0. The molecule has 2 rings (SSSR count). The summed E-state index contributed by atoms with van der Waals surface area (Å²) in [7, 11) is 0. The molecule has 0 N–H and O–H groups in total. The Hall–Kier alpha value is -2.35. The van der Waals surface area contributed by atoms with Gasteiger partial charge in [-0.15, -0.1) is 0 Å². The maximum Gasteiger partial charge on any atom is 0.178 e. The highest BCUT2D eigenvalue weighted by molar-refractivity contribution is 6.30. The zero-order chi connectivity index (χ0) is 17.2. The Kier molecular flexibility index (Phi) is 7.28. The molecule has 0 atom stereocenters. The molecule has 0 aliphatic carbocycles. The highest BCUT2D eigenvalue weighted by Crippen LogP contribution is 2.11. The number of carbonyl (C=O) groups is 1. The number of hydrogen-bond donors (Lipinski definition) is 0. The molecule has 0 bridgehead atoms. The van der Waals surface area contributed by atoms with E-state index in [1.165, 1.54) is 12.2 Å². The van der Waals surface area contributed by atoms with E-state index < -0.39 is 0 Å². The second-order valence-electron chi connectivity index (χ2n) is 4.94. The quantitative estimate of drug-likeness (QED) is 0.433. The first-order chi connectivity index (χ1) is 11.6. The summed E-state index contributed by atoms with van der Waals surface area (Å²) in [5.41, 5.74) is 2.05. The Labute approximate surface area is 152 Å². The zero-order valence-corrected chi connectivity index (χ0v) is 14.4. The Morgan fingerprint density at radius 1 is 0.625 bits per heavy atom. The Morgan fingerprint density at radius 2 is 1.00 bits per heavy atom. The standard InChI is InChI=1S/C21H16Cl2O/c22-19-13-9-17(10-14-19)5-1-3-7-21(24)8-4-2-6-18-11-15-20(23)16-12-18/h1-16H. The van der Waals surface area contributed by atoms with Crippen LogP contribution in [-0.4, -0.2) is 5.78 Å². The minimum absolute atomic E-state index is 0.0727. The largest absolute Gasteiger partial charge is 0.290 e. The van der Waals surface area contributed by atoms with Crippen LogP contribution in [0.4, 0.5) is 0 Å². The molecule has 0 amide bonds. The van der Waals surface area contributed by atoms with Gasteiger partial charge in [0.15, 0.2) is 5.78 Å². The molecule has 0 fully saturated rings. The number of benzene rings is 2. The van der Waals surface area contributed by atoms with Crippen LogP contribution in [0.1, 0.15) is 11.1 Å². The smallest absolute Gasteiger partial charge is 0.178 e. The second kappa shape index (κ2) is 9.71. The van der Waals surface area contributed by atoms with Crippen LogP contribution >= 0.6 is 23.2 Å². The summed E-state index contributed by atoms with van der Waals surface area (Å²) in [6, 6.07) is 15.0. The summed E-state index contributed by atoms with van der Waals surface area (Å²) < 4.78 is 0. The van der Waals surface area contributed by atoms with Crippen molar-refractivity contribution in [2.45, 2.75) is 0 Å². The molecule has 120 valence electrons. The third kappa shape index (κ3) is 6.82. The average Bonchev–Trinajstić information content (AvgIpc) is 2.59. The summed E-state index contributed by atoms with van der Waals surface area (Å²) in [6.07, 6.45) is 13.9. The Bertz CT molecular complexity index is 712. The Balaban J connectivity index is 1.81. The molecule has 0 radical (unpaired) electrons. The summed E-state index contributed by atoms with van der Waals surface area (Å²) in [6.45, 7) is 0. The van der Waals surface area contributed by atoms with Gasteiger partial charge < -0.3 is 0 Å². The van der Waals surface area contributed by atoms with Crippen molar-refractivity contribution in [3.8, 4) is 0 Å². The molecule has 0 heterocycles. The SMILES string of the molecule is O=C(C=CC=Cc1ccc(Cl)cc1)C=CC=Cc1ccc(Cl)cc1. The first-order valence-electron chi connectivity index (χ1n) is 7.38. The van der Waals surface area contributed by atoms with E-state index in [0.29, 0.717) is 10.0 Å². The molecule has 0 aliphatic heterocycles. The molecule has 0 spiro atoms. The van der Waals surface area contributed by atoms with Gasteiger partial charge >= 0.3 is 0 Å². The Morgan fingerprint density at radius 3 is 1.38 bits per heavy atom. The van der Waals surface area contributed by atoms with Crippen molar-refractivity contribution in [2.75, 3.05) is 0 Å². The fourth-order valence-corrected chi connectivity index (χ4v) is 2.09. The molecule has 3 heteroatoms. The van der Waals surface area contributed by atoms with Crippen LogP contribution in [0.2, 0.25) is 10.0 Å². The molecule has 0 unspecified atom stereocenters. The maximum absolute atomic E-state index is 11.7. The van der Waals surface area contributed by atoms with Crippen LogP contribution < -0.4 is 0 Å². The summed E-state index contributed by atoms with van der Waals surface area (Å²) in [5.74, 6) is -0.0727. The van der Waals surface area contributed by atoms with E-state index in [4.69, 9.17) is 23.2 Å². The number of hydrogen-bond acceptors (Lipinski definition) is 1. The van der Waals surface area contributed by atoms with Gasteiger partial charge in [-0.1, -0.05) is 83.9 Å². The van der Waals surface area contributed by atoms with Gasteiger partial charge in [0.25, 0.3) is 0 Å². The molecule has 2 aromatic rings. The number of allylic oxidation sites excluding steroid dienone is 6. The number of halogens is 2. The number of carbonyl (C=O) groups excluding carboxylic acids is 1. The van der Waals surface area contributed by atoms with Crippen molar-refractivity contribution in [3.63, 3.8) is 0 Å². The van der Waals surface area contributed by atoms with Crippen LogP contribution in [0.25, 0.3) is 12.2 Å². The molecule has 0 aliphatic rings. The predicted molar refractivity (Wildman–Crippen MR) is 104 cm³/mol. The van der Waals surface area contributed by atoms with E-state index in [2.05, 4.69) is 0 Å². The van der Waals surface area contributed by atoms with Gasteiger partial charge in [-0.05, 0) is 47.5 Å². The zero-order valence-electron chi connectivity index (χ0n) is 12.9. The van der Waals surface area contributed by atoms with Gasteiger partial charge in [-0.3, -0.25) is 4.79 Å². The van der Waals surface area contributed by atoms with Crippen molar-refractivity contribution in [3.05, 3.63) is 106 Å². The molecule has 2 aromatic carbocycles. The number of rotatable bonds is 6. The highest BCUT2D eigenvalue weighted by Gasteiger charge is 1.88. The van der Waals surface area contributed by atoms with Crippen molar-refractivity contribution in [1.82, 2.24) is 0 Å². The summed E-state index contributed by atoms with van der Waals surface area (Å²) in [4.78, 5) is 11.7. The van der Waals surface area contributed by atoms with Gasteiger partial charge in [-0.2, -0.15) is 0 Å². The normalized spacial score (nSPS) is 12.1. The fraction of sp³-hybridized carbons (Fsp3) is 0. The van der Waals surface area contributed by atoms with Crippen LogP contribution in [0.5, 0.6) is 0 Å². The first-order valence-corrected chi connectivity index (χ1v) is 8.14. The second-order valence-corrected chi connectivity index (χ2v) is 5.81. The molecule has 0 saturated carbocycles. The predicted octanol–water partition coefficient (Wildman–Crippen LogP) is 6.40. The van der Waals surface area contributed by atoms with Gasteiger partial charge in [0, 0.05) is 10.0 Å². The van der Waals surface area contributed by atoms with Gasteiger partial charge in [0.05, 0.1) is 0 Å². The summed E-state index contributed by atoms with van der Waals surface area (Å²) in [5, 5.41) is 1.41. The lowest BCUT2D eigenvalue weighted by atomic mass is 10.2. The van der Waals surface area contributed by atoms with E-state index in [1.54, 1.807) is 12.2 Å². The van der Waals surface area contributed by atoms with Gasteiger partial charge in [-0.25, -0.2) is 0 Å². The molecule has 0 aromatic heterocycles. The van der Waals surface area contributed by atoms with Crippen molar-refractivity contribution in [1.29, 1.82) is 0 Å². The molecular formula is C21H16Cl2O. The third-order valence-corrected chi connectivity index (χ3v) is 3.56. The van der Waals surface area contributed by atoms with Crippen LogP contribution in [0, 0.1) is 0 Å². The molecule has 1 nitrogen and oxygen atoms in total. The lowest BCUT2D eigenvalue weighted by molar-refractivity contribution is -0.110. The lowest BCUT2D eigenvalue weighted by Gasteiger charge is -1.92. The van der Waals surface area contributed by atoms with Crippen molar-refractivity contribution in [2.24, 2.45) is 0 Å². The topological polar surface area (TPSA) is 17.1 Å². The lowest BCUT2D eigenvalue weighted by Crippen LogP contribution is -1.82. The average molecular weight is 355 g/mol.